The molecule has 2 N–H and O–H groups in total. The molecule has 2 amide bonds. The minimum Gasteiger partial charge on any atom is -0.496 e. The Kier molecular flexibility index (Phi) is 8.83. The summed E-state index contributed by atoms with van der Waals surface area (Å²) in [6.45, 7) is 4.53. The highest BCUT2D eigenvalue weighted by Gasteiger charge is 2.13. The van der Waals surface area contributed by atoms with E-state index in [2.05, 4.69) is 17.6 Å². The summed E-state index contributed by atoms with van der Waals surface area (Å²) in [6.07, 6.45) is 4.48. The number of hydrogen-bond acceptors (Lipinski definition) is 4. The van der Waals surface area contributed by atoms with E-state index < -0.39 is 0 Å². The van der Waals surface area contributed by atoms with E-state index in [9.17, 15) is 4.79 Å². The van der Waals surface area contributed by atoms with E-state index in [1.165, 1.54) is 12.8 Å². The summed E-state index contributed by atoms with van der Waals surface area (Å²) in [5.41, 5.74) is 0.823. The van der Waals surface area contributed by atoms with Crippen LogP contribution in [0.3, 0.4) is 0 Å². The molecular weight excluding hydrogens is 308 g/mol. The number of ether oxygens (including phenoxy) is 3. The Bertz CT molecular complexity index is 520. The van der Waals surface area contributed by atoms with Crippen molar-refractivity contribution in [1.29, 1.82) is 0 Å². The van der Waals surface area contributed by atoms with E-state index in [-0.39, 0.29) is 12.1 Å². The van der Waals surface area contributed by atoms with Gasteiger partial charge in [0.25, 0.3) is 0 Å². The second-order valence-electron chi connectivity index (χ2n) is 5.74. The van der Waals surface area contributed by atoms with Gasteiger partial charge in [0, 0.05) is 24.2 Å². The largest absolute Gasteiger partial charge is 0.496 e. The van der Waals surface area contributed by atoms with Gasteiger partial charge in [-0.15, -0.1) is 0 Å². The minimum atomic E-state index is -0.184. The number of carbonyl (C=O) groups is 1. The van der Waals surface area contributed by atoms with Crippen molar-refractivity contribution >= 4 is 6.03 Å². The SMILES string of the molecule is CCCCCC(C)NC(=O)NCc1cc(OC)c(OC)cc1OC. The van der Waals surface area contributed by atoms with Crippen molar-refractivity contribution in [3.63, 3.8) is 0 Å². The van der Waals surface area contributed by atoms with E-state index in [1.54, 1.807) is 27.4 Å². The quantitative estimate of drug-likeness (QED) is 0.641. The lowest BCUT2D eigenvalue weighted by atomic mass is 10.1. The standard InChI is InChI=1S/C18H30N2O4/c1-6-7-8-9-13(2)20-18(21)19-12-14-10-16(23-4)17(24-5)11-15(14)22-3/h10-11,13H,6-9,12H2,1-5H3,(H2,19,20,21). The molecule has 0 aromatic heterocycles. The van der Waals surface area contributed by atoms with Crippen LogP contribution in [-0.2, 0) is 6.54 Å². The van der Waals surface area contributed by atoms with Gasteiger partial charge in [0.1, 0.15) is 5.75 Å². The van der Waals surface area contributed by atoms with E-state index in [4.69, 9.17) is 14.2 Å². The summed E-state index contributed by atoms with van der Waals surface area (Å²) in [5, 5.41) is 5.81. The number of urea groups is 1. The van der Waals surface area contributed by atoms with Crippen LogP contribution in [0.15, 0.2) is 12.1 Å². The topological polar surface area (TPSA) is 68.8 Å². The molecule has 1 unspecified atom stereocenters. The molecule has 0 aliphatic rings. The van der Waals surface area contributed by atoms with Crippen LogP contribution in [0.2, 0.25) is 0 Å². The lowest BCUT2D eigenvalue weighted by Gasteiger charge is -2.16. The molecule has 0 spiro atoms. The highest BCUT2D eigenvalue weighted by atomic mass is 16.5. The number of rotatable bonds is 10. The van der Waals surface area contributed by atoms with Crippen LogP contribution in [0.1, 0.15) is 45.1 Å². The van der Waals surface area contributed by atoms with Gasteiger partial charge in [-0.2, -0.15) is 0 Å². The first-order chi connectivity index (χ1) is 11.5. The van der Waals surface area contributed by atoms with Crippen molar-refractivity contribution in [2.75, 3.05) is 21.3 Å². The molecule has 6 nitrogen and oxygen atoms in total. The predicted octanol–water partition coefficient (Wildman–Crippen LogP) is 3.48. The second kappa shape index (κ2) is 10.6. The van der Waals surface area contributed by atoms with E-state index in [0.29, 0.717) is 23.8 Å². The molecule has 0 aliphatic carbocycles. The number of carbonyl (C=O) groups excluding carboxylic acids is 1. The summed E-state index contributed by atoms with van der Waals surface area (Å²) in [4.78, 5) is 12.0. The van der Waals surface area contributed by atoms with E-state index >= 15 is 0 Å². The Morgan fingerprint density at radius 2 is 1.67 bits per heavy atom. The molecule has 1 atom stereocenters. The lowest BCUT2D eigenvalue weighted by molar-refractivity contribution is 0.236. The molecule has 136 valence electrons. The molecule has 0 bridgehead atoms. The molecule has 0 aliphatic heterocycles. The number of hydrogen-bond donors (Lipinski definition) is 2. The molecule has 0 saturated carbocycles. The third-order valence-corrected chi connectivity index (χ3v) is 3.84. The van der Waals surface area contributed by atoms with E-state index in [1.807, 2.05) is 13.0 Å². The summed E-state index contributed by atoms with van der Waals surface area (Å²) in [5.74, 6) is 1.83. The van der Waals surface area contributed by atoms with Crippen molar-refractivity contribution in [3.05, 3.63) is 17.7 Å². The fourth-order valence-corrected chi connectivity index (χ4v) is 2.45. The molecular formula is C18H30N2O4. The number of methoxy groups -OCH3 is 3. The van der Waals surface area contributed by atoms with Crippen LogP contribution >= 0.6 is 0 Å². The van der Waals surface area contributed by atoms with Crippen molar-refractivity contribution < 1.29 is 19.0 Å². The number of benzene rings is 1. The molecule has 0 fully saturated rings. The van der Waals surface area contributed by atoms with E-state index in [0.717, 1.165) is 18.4 Å². The zero-order valence-corrected chi connectivity index (χ0v) is 15.4. The third kappa shape index (κ3) is 6.18. The molecule has 24 heavy (non-hydrogen) atoms. The Labute approximate surface area is 144 Å². The first kappa shape index (κ1) is 19.9. The Morgan fingerprint density at radius 1 is 1.04 bits per heavy atom. The molecule has 6 heteroatoms. The second-order valence-corrected chi connectivity index (χ2v) is 5.74. The van der Waals surface area contributed by atoms with Crippen LogP contribution in [-0.4, -0.2) is 33.4 Å². The summed E-state index contributed by atoms with van der Waals surface area (Å²) < 4.78 is 15.9. The van der Waals surface area contributed by atoms with Crippen LogP contribution < -0.4 is 24.8 Å². The molecule has 1 aromatic rings. The Balaban J connectivity index is 2.61. The maximum Gasteiger partial charge on any atom is 0.315 e. The van der Waals surface area contributed by atoms with Crippen molar-refractivity contribution in [2.45, 2.75) is 52.1 Å². The van der Waals surface area contributed by atoms with Crippen LogP contribution in [0.4, 0.5) is 4.79 Å². The first-order valence-corrected chi connectivity index (χ1v) is 8.38. The van der Waals surface area contributed by atoms with Crippen molar-refractivity contribution in [2.24, 2.45) is 0 Å². The van der Waals surface area contributed by atoms with Gasteiger partial charge in [0.2, 0.25) is 0 Å². The minimum absolute atomic E-state index is 0.156. The maximum atomic E-state index is 12.0. The number of amides is 2. The highest BCUT2D eigenvalue weighted by Crippen LogP contribution is 2.34. The lowest BCUT2D eigenvalue weighted by Crippen LogP contribution is -2.40. The molecule has 1 rings (SSSR count). The van der Waals surface area contributed by atoms with Gasteiger partial charge in [0.05, 0.1) is 21.3 Å². The van der Waals surface area contributed by atoms with Crippen LogP contribution in [0.25, 0.3) is 0 Å². The smallest absolute Gasteiger partial charge is 0.315 e. The van der Waals surface area contributed by atoms with Gasteiger partial charge in [-0.05, 0) is 19.4 Å². The summed E-state index contributed by atoms with van der Waals surface area (Å²) >= 11 is 0. The van der Waals surface area contributed by atoms with Crippen LogP contribution in [0, 0.1) is 0 Å². The third-order valence-electron chi connectivity index (χ3n) is 3.84. The van der Waals surface area contributed by atoms with Gasteiger partial charge in [-0.25, -0.2) is 4.79 Å². The van der Waals surface area contributed by atoms with Crippen molar-refractivity contribution in [1.82, 2.24) is 10.6 Å². The van der Waals surface area contributed by atoms with Crippen molar-refractivity contribution in [3.8, 4) is 17.2 Å². The number of nitrogens with one attached hydrogen (secondary N) is 2. The fourth-order valence-electron chi connectivity index (χ4n) is 2.45. The predicted molar refractivity (Wildman–Crippen MR) is 95.1 cm³/mol. The summed E-state index contributed by atoms with van der Waals surface area (Å²) in [6, 6.07) is 3.53. The van der Waals surface area contributed by atoms with Gasteiger partial charge in [-0.3, -0.25) is 0 Å². The average molecular weight is 338 g/mol. The molecule has 0 saturated heterocycles. The monoisotopic (exact) mass is 338 g/mol. The Morgan fingerprint density at radius 3 is 2.25 bits per heavy atom. The molecule has 1 aromatic carbocycles. The van der Waals surface area contributed by atoms with Gasteiger partial charge < -0.3 is 24.8 Å². The van der Waals surface area contributed by atoms with Crippen LogP contribution in [0.5, 0.6) is 17.2 Å². The molecule has 0 radical (unpaired) electrons. The zero-order valence-electron chi connectivity index (χ0n) is 15.4. The molecule has 0 heterocycles. The first-order valence-electron chi connectivity index (χ1n) is 8.38. The maximum absolute atomic E-state index is 12.0. The average Bonchev–Trinajstić information content (AvgIpc) is 2.59. The van der Waals surface area contributed by atoms with Gasteiger partial charge in [0.15, 0.2) is 11.5 Å². The highest BCUT2D eigenvalue weighted by molar-refractivity contribution is 5.74. The van der Waals surface area contributed by atoms with Gasteiger partial charge in [-0.1, -0.05) is 26.2 Å². The number of unbranched alkanes of at least 4 members (excludes halogenated alkanes) is 2. The van der Waals surface area contributed by atoms with Gasteiger partial charge >= 0.3 is 6.03 Å². The zero-order chi connectivity index (χ0) is 17.9. The summed E-state index contributed by atoms with van der Waals surface area (Å²) in [7, 11) is 4.73. The normalized spacial score (nSPS) is 11.5. The Hall–Kier alpha value is -2.11. The fraction of sp³-hybridized carbons (Fsp3) is 0.611.